The van der Waals surface area contributed by atoms with Crippen LogP contribution < -0.4 is 4.31 Å². The number of nitro benzene ring substituents is 1. The second-order valence-electron chi connectivity index (χ2n) is 6.23. The monoisotopic (exact) mass is 410 g/mol. The van der Waals surface area contributed by atoms with Gasteiger partial charge in [0.25, 0.3) is 15.7 Å². The highest BCUT2D eigenvalue weighted by Gasteiger charge is 2.29. The van der Waals surface area contributed by atoms with Crippen molar-refractivity contribution in [2.75, 3.05) is 10.8 Å². The predicted molar refractivity (Wildman–Crippen MR) is 100.0 cm³/mol. The summed E-state index contributed by atoms with van der Waals surface area (Å²) < 4.78 is 45.2. The molecule has 0 aliphatic carbocycles. The summed E-state index contributed by atoms with van der Waals surface area (Å²) in [5, 5.41) is 10.9. The van der Waals surface area contributed by atoms with Crippen molar-refractivity contribution in [1.82, 2.24) is 0 Å². The van der Waals surface area contributed by atoms with E-state index in [-0.39, 0.29) is 21.8 Å². The number of benzene rings is 2. The summed E-state index contributed by atoms with van der Waals surface area (Å²) in [6.45, 7) is 4.08. The zero-order valence-electron chi connectivity index (χ0n) is 15.5. The first-order valence-electron chi connectivity index (χ1n) is 8.25. The highest BCUT2D eigenvalue weighted by molar-refractivity contribution is 7.92. The minimum absolute atomic E-state index is 0.0793. The van der Waals surface area contributed by atoms with Gasteiger partial charge in [0.2, 0.25) is 0 Å². The number of carbonyl (C=O) groups excluding carboxylic acids is 1. The van der Waals surface area contributed by atoms with Crippen molar-refractivity contribution >= 4 is 27.4 Å². The SMILES string of the molecule is Cc1cc([N+](=O)[O-])ccc1N(CC(=O)OC(C)C)S(=O)(=O)c1ccc(F)cc1. The van der Waals surface area contributed by atoms with Gasteiger partial charge in [-0.15, -0.1) is 0 Å². The number of esters is 1. The molecule has 0 saturated carbocycles. The molecule has 0 saturated heterocycles. The molecule has 2 aromatic rings. The molecule has 0 N–H and O–H groups in total. The standard InChI is InChI=1S/C18H19FN2O6S/c1-12(2)27-18(22)11-20(17-9-6-15(21(23)24)10-13(17)3)28(25,26)16-7-4-14(19)5-8-16/h4-10,12H,11H2,1-3H3. The van der Waals surface area contributed by atoms with Crippen LogP contribution >= 0.6 is 0 Å². The average molecular weight is 410 g/mol. The Morgan fingerprint density at radius 1 is 1.21 bits per heavy atom. The van der Waals surface area contributed by atoms with Crippen molar-refractivity contribution in [2.24, 2.45) is 0 Å². The van der Waals surface area contributed by atoms with E-state index in [2.05, 4.69) is 0 Å². The van der Waals surface area contributed by atoms with Crippen LogP contribution in [-0.4, -0.2) is 32.0 Å². The number of sulfonamides is 1. The lowest BCUT2D eigenvalue weighted by Crippen LogP contribution is -2.37. The van der Waals surface area contributed by atoms with Crippen LogP contribution in [0.3, 0.4) is 0 Å². The fourth-order valence-electron chi connectivity index (χ4n) is 2.48. The molecule has 0 amide bonds. The number of non-ortho nitro benzene ring substituents is 1. The summed E-state index contributed by atoms with van der Waals surface area (Å²) in [5.74, 6) is -1.41. The first kappa shape index (κ1) is 21.3. The maximum Gasteiger partial charge on any atom is 0.327 e. The molecule has 0 aliphatic rings. The molecule has 0 radical (unpaired) electrons. The van der Waals surface area contributed by atoms with Crippen molar-refractivity contribution in [2.45, 2.75) is 31.8 Å². The Hall–Kier alpha value is -3.01. The number of carbonyl (C=O) groups is 1. The van der Waals surface area contributed by atoms with Gasteiger partial charge in [-0.1, -0.05) is 0 Å². The summed E-state index contributed by atoms with van der Waals surface area (Å²) in [6, 6.07) is 7.72. The number of nitro groups is 1. The molecule has 10 heteroatoms. The molecule has 0 bridgehead atoms. The Morgan fingerprint density at radius 3 is 2.32 bits per heavy atom. The predicted octanol–water partition coefficient (Wildman–Crippen LogP) is 3.19. The van der Waals surface area contributed by atoms with Gasteiger partial charge in [-0.05, 0) is 56.7 Å². The molecule has 0 aliphatic heterocycles. The van der Waals surface area contributed by atoms with E-state index in [0.717, 1.165) is 34.6 Å². The molecule has 0 heterocycles. The average Bonchev–Trinajstić information content (AvgIpc) is 2.59. The van der Waals surface area contributed by atoms with Gasteiger partial charge in [0.15, 0.2) is 0 Å². The third kappa shape index (κ3) is 4.83. The molecule has 0 fully saturated rings. The fraction of sp³-hybridized carbons (Fsp3) is 0.278. The van der Waals surface area contributed by atoms with Gasteiger partial charge >= 0.3 is 5.97 Å². The van der Waals surface area contributed by atoms with Crippen molar-refractivity contribution in [3.8, 4) is 0 Å². The number of nitrogens with zero attached hydrogens (tertiary/aromatic N) is 2. The summed E-state index contributed by atoms with van der Waals surface area (Å²) in [5.41, 5.74) is 0.137. The normalized spacial score (nSPS) is 11.3. The van der Waals surface area contributed by atoms with Crippen LogP contribution in [0.2, 0.25) is 0 Å². The third-order valence-electron chi connectivity index (χ3n) is 3.70. The number of ether oxygens (including phenoxy) is 1. The minimum Gasteiger partial charge on any atom is -0.462 e. The molecule has 2 rings (SSSR count). The van der Waals surface area contributed by atoms with Crippen LogP contribution in [0.15, 0.2) is 47.4 Å². The second kappa shape index (κ2) is 8.34. The zero-order valence-corrected chi connectivity index (χ0v) is 16.3. The summed E-state index contributed by atoms with van der Waals surface area (Å²) in [6.07, 6.45) is -0.458. The zero-order chi connectivity index (χ0) is 21.1. The molecule has 28 heavy (non-hydrogen) atoms. The van der Waals surface area contributed by atoms with Gasteiger partial charge in [-0.25, -0.2) is 12.8 Å². The number of hydrogen-bond donors (Lipinski definition) is 0. The number of aryl methyl sites for hydroxylation is 1. The fourth-order valence-corrected chi connectivity index (χ4v) is 3.96. The third-order valence-corrected chi connectivity index (χ3v) is 5.48. The summed E-state index contributed by atoms with van der Waals surface area (Å²) >= 11 is 0. The number of anilines is 1. The largest absolute Gasteiger partial charge is 0.462 e. The smallest absolute Gasteiger partial charge is 0.327 e. The number of rotatable bonds is 7. The minimum atomic E-state index is -4.26. The summed E-state index contributed by atoms with van der Waals surface area (Å²) in [4.78, 5) is 22.3. The number of halogens is 1. The van der Waals surface area contributed by atoms with Gasteiger partial charge < -0.3 is 4.74 Å². The van der Waals surface area contributed by atoms with Crippen LogP contribution in [-0.2, 0) is 19.6 Å². The highest BCUT2D eigenvalue weighted by Crippen LogP contribution is 2.29. The first-order chi connectivity index (χ1) is 13.0. The van der Waals surface area contributed by atoms with Gasteiger partial charge in [0.1, 0.15) is 12.4 Å². The van der Waals surface area contributed by atoms with Crippen LogP contribution in [0.5, 0.6) is 0 Å². The molecule has 2 aromatic carbocycles. The molecule has 0 aromatic heterocycles. The van der Waals surface area contributed by atoms with Crippen molar-refractivity contribution in [1.29, 1.82) is 0 Å². The van der Waals surface area contributed by atoms with E-state index in [1.807, 2.05) is 0 Å². The molecule has 150 valence electrons. The molecule has 0 spiro atoms. The van der Waals surface area contributed by atoms with Crippen LogP contribution in [0.4, 0.5) is 15.8 Å². The lowest BCUT2D eigenvalue weighted by atomic mass is 10.2. The van der Waals surface area contributed by atoms with E-state index >= 15 is 0 Å². The van der Waals surface area contributed by atoms with E-state index in [9.17, 15) is 27.7 Å². The van der Waals surface area contributed by atoms with Gasteiger partial charge in [-0.2, -0.15) is 0 Å². The maximum absolute atomic E-state index is 13.2. The Labute approximate surface area is 161 Å². The van der Waals surface area contributed by atoms with Gasteiger partial charge in [0.05, 0.1) is 21.6 Å². The van der Waals surface area contributed by atoms with E-state index in [0.29, 0.717) is 0 Å². The second-order valence-corrected chi connectivity index (χ2v) is 8.09. The molecule has 0 atom stereocenters. The Balaban J connectivity index is 2.55. The molecular formula is C18H19FN2O6S. The van der Waals surface area contributed by atoms with E-state index in [1.165, 1.54) is 19.1 Å². The first-order valence-corrected chi connectivity index (χ1v) is 9.69. The molecular weight excluding hydrogens is 391 g/mol. The summed E-state index contributed by atoms with van der Waals surface area (Å²) in [7, 11) is -4.26. The lowest BCUT2D eigenvalue weighted by Gasteiger charge is -2.25. The molecule has 0 unspecified atom stereocenters. The van der Waals surface area contributed by atoms with Gasteiger partial charge in [0, 0.05) is 12.1 Å². The van der Waals surface area contributed by atoms with Crippen LogP contribution in [0.25, 0.3) is 0 Å². The lowest BCUT2D eigenvalue weighted by molar-refractivity contribution is -0.384. The Kier molecular flexibility index (Phi) is 6.34. The van der Waals surface area contributed by atoms with Gasteiger partial charge in [-0.3, -0.25) is 19.2 Å². The Bertz CT molecular complexity index is 990. The number of hydrogen-bond acceptors (Lipinski definition) is 6. The maximum atomic E-state index is 13.2. The quantitative estimate of drug-likeness (QED) is 0.394. The van der Waals surface area contributed by atoms with Crippen molar-refractivity contribution in [3.05, 3.63) is 64.0 Å². The van der Waals surface area contributed by atoms with Crippen LogP contribution in [0.1, 0.15) is 19.4 Å². The van der Waals surface area contributed by atoms with E-state index in [1.54, 1.807) is 13.8 Å². The topological polar surface area (TPSA) is 107 Å². The van der Waals surface area contributed by atoms with Crippen molar-refractivity contribution < 1.29 is 27.3 Å². The van der Waals surface area contributed by atoms with E-state index < -0.39 is 39.4 Å². The molecule has 8 nitrogen and oxygen atoms in total. The highest BCUT2D eigenvalue weighted by atomic mass is 32.2. The van der Waals surface area contributed by atoms with Crippen molar-refractivity contribution in [3.63, 3.8) is 0 Å². The van der Waals surface area contributed by atoms with Crippen LogP contribution in [0, 0.1) is 22.9 Å². The van der Waals surface area contributed by atoms with E-state index in [4.69, 9.17) is 4.74 Å². The Morgan fingerprint density at radius 2 is 1.82 bits per heavy atom.